The Labute approximate surface area is 65.9 Å². The second kappa shape index (κ2) is 3.69. The van der Waals surface area contributed by atoms with Crippen molar-refractivity contribution >= 4 is 5.91 Å². The van der Waals surface area contributed by atoms with E-state index < -0.39 is 5.91 Å². The summed E-state index contributed by atoms with van der Waals surface area (Å²) in [5.41, 5.74) is 10.3. The minimum atomic E-state index is -0.402. The Hall–Kier alpha value is -0.610. The first-order valence-corrected chi connectivity index (χ1v) is 3.82. The van der Waals surface area contributed by atoms with Crippen LogP contribution < -0.4 is 11.5 Å². The van der Waals surface area contributed by atoms with Gasteiger partial charge in [0.05, 0.1) is 6.10 Å². The lowest BCUT2D eigenvalue weighted by atomic mass is 9.82. The zero-order valence-electron chi connectivity index (χ0n) is 6.45. The molecule has 0 aromatic carbocycles. The fraction of sp³-hybridized carbons (Fsp3) is 0.857. The fourth-order valence-electron chi connectivity index (χ4n) is 1.20. The minimum Gasteiger partial charge on any atom is -0.368 e. The molecule has 0 saturated heterocycles. The van der Waals surface area contributed by atoms with Gasteiger partial charge in [-0.3, -0.25) is 4.79 Å². The highest BCUT2D eigenvalue weighted by Gasteiger charge is 2.28. The van der Waals surface area contributed by atoms with Gasteiger partial charge in [-0.2, -0.15) is 0 Å². The number of nitrogens with two attached hydrogens (primary N) is 2. The summed E-state index contributed by atoms with van der Waals surface area (Å²) in [5, 5.41) is 0. The predicted molar refractivity (Wildman–Crippen MR) is 40.7 cm³/mol. The van der Waals surface area contributed by atoms with E-state index in [9.17, 15) is 4.79 Å². The van der Waals surface area contributed by atoms with Gasteiger partial charge in [-0.05, 0) is 25.3 Å². The Morgan fingerprint density at radius 1 is 1.55 bits per heavy atom. The Kier molecular flexibility index (Phi) is 2.84. The molecule has 4 heteroatoms. The molecular weight excluding hydrogens is 144 g/mol. The monoisotopic (exact) mass is 158 g/mol. The fourth-order valence-corrected chi connectivity index (χ4v) is 1.20. The molecule has 11 heavy (non-hydrogen) atoms. The number of ether oxygens (including phenoxy) is 1. The van der Waals surface area contributed by atoms with E-state index in [1.165, 1.54) is 0 Å². The quantitative estimate of drug-likeness (QED) is 0.563. The predicted octanol–water partition coefficient (Wildman–Crippen LogP) is -0.774. The summed E-state index contributed by atoms with van der Waals surface area (Å²) in [7, 11) is 0. The molecule has 4 N–H and O–H groups in total. The van der Waals surface area contributed by atoms with Crippen LogP contribution in [-0.2, 0) is 9.53 Å². The van der Waals surface area contributed by atoms with Crippen molar-refractivity contribution in [3.8, 4) is 0 Å². The Bertz CT molecular complexity index is 143. The Balaban J connectivity index is 2.00. The minimum absolute atomic E-state index is 0.0436. The van der Waals surface area contributed by atoms with Crippen molar-refractivity contribution in [2.45, 2.75) is 18.9 Å². The Morgan fingerprint density at radius 3 is 2.64 bits per heavy atom. The maximum atomic E-state index is 10.3. The van der Waals surface area contributed by atoms with Crippen LogP contribution in [0.5, 0.6) is 0 Å². The molecule has 0 aromatic rings. The van der Waals surface area contributed by atoms with Crippen molar-refractivity contribution in [2.24, 2.45) is 17.4 Å². The highest BCUT2D eigenvalue weighted by Crippen LogP contribution is 2.28. The van der Waals surface area contributed by atoms with E-state index in [0.29, 0.717) is 5.92 Å². The van der Waals surface area contributed by atoms with Gasteiger partial charge >= 0.3 is 0 Å². The molecule has 1 amide bonds. The van der Waals surface area contributed by atoms with E-state index in [-0.39, 0.29) is 12.7 Å². The van der Waals surface area contributed by atoms with E-state index in [0.717, 1.165) is 19.4 Å². The van der Waals surface area contributed by atoms with Crippen LogP contribution in [-0.4, -0.2) is 25.2 Å². The molecule has 1 rings (SSSR count). The van der Waals surface area contributed by atoms with Crippen molar-refractivity contribution in [2.75, 3.05) is 13.2 Å². The standard InChI is InChI=1S/C7H14N2O2/c8-3-5-1-6(2-5)11-4-7(9)10/h5-6H,1-4,8H2,(H2,9,10). The molecule has 0 heterocycles. The molecule has 64 valence electrons. The average molecular weight is 158 g/mol. The lowest BCUT2D eigenvalue weighted by Gasteiger charge is -2.33. The summed E-state index contributed by atoms with van der Waals surface area (Å²) < 4.78 is 5.14. The van der Waals surface area contributed by atoms with Gasteiger partial charge in [0.15, 0.2) is 0 Å². The molecule has 1 aliphatic carbocycles. The van der Waals surface area contributed by atoms with Gasteiger partial charge < -0.3 is 16.2 Å². The molecule has 0 radical (unpaired) electrons. The number of hydrogen-bond donors (Lipinski definition) is 2. The third kappa shape index (κ3) is 2.48. The number of carbonyl (C=O) groups excluding carboxylic acids is 1. The van der Waals surface area contributed by atoms with Gasteiger partial charge in [0, 0.05) is 0 Å². The smallest absolute Gasteiger partial charge is 0.243 e. The first kappa shape index (κ1) is 8.49. The lowest BCUT2D eigenvalue weighted by Crippen LogP contribution is -2.37. The summed E-state index contributed by atoms with van der Waals surface area (Å²) in [4.78, 5) is 10.3. The van der Waals surface area contributed by atoms with E-state index in [1.807, 2.05) is 0 Å². The molecule has 0 spiro atoms. The zero-order chi connectivity index (χ0) is 8.27. The van der Waals surface area contributed by atoms with Gasteiger partial charge in [0.1, 0.15) is 6.61 Å². The third-order valence-corrected chi connectivity index (χ3v) is 1.99. The van der Waals surface area contributed by atoms with Crippen LogP contribution in [0.3, 0.4) is 0 Å². The average Bonchev–Trinajstić information content (AvgIpc) is 1.84. The van der Waals surface area contributed by atoms with Gasteiger partial charge in [-0.25, -0.2) is 0 Å². The third-order valence-electron chi connectivity index (χ3n) is 1.99. The summed E-state index contributed by atoms with van der Waals surface area (Å²) >= 11 is 0. The number of rotatable bonds is 4. The highest BCUT2D eigenvalue weighted by atomic mass is 16.5. The number of hydrogen-bond acceptors (Lipinski definition) is 3. The molecule has 0 bridgehead atoms. The van der Waals surface area contributed by atoms with Crippen LogP contribution in [0.15, 0.2) is 0 Å². The normalized spacial score (nSPS) is 29.5. The number of amides is 1. The van der Waals surface area contributed by atoms with E-state index in [1.54, 1.807) is 0 Å². The van der Waals surface area contributed by atoms with Crippen LogP contribution in [0.25, 0.3) is 0 Å². The molecular formula is C7H14N2O2. The van der Waals surface area contributed by atoms with Crippen LogP contribution >= 0.6 is 0 Å². The van der Waals surface area contributed by atoms with Crippen LogP contribution in [0.2, 0.25) is 0 Å². The van der Waals surface area contributed by atoms with Crippen molar-refractivity contribution in [3.63, 3.8) is 0 Å². The van der Waals surface area contributed by atoms with Crippen LogP contribution in [0, 0.1) is 5.92 Å². The zero-order valence-corrected chi connectivity index (χ0v) is 6.45. The van der Waals surface area contributed by atoms with E-state index in [4.69, 9.17) is 16.2 Å². The second-order valence-corrected chi connectivity index (χ2v) is 2.97. The SMILES string of the molecule is NCC1CC(OCC(N)=O)C1. The van der Waals surface area contributed by atoms with E-state index in [2.05, 4.69) is 0 Å². The van der Waals surface area contributed by atoms with Gasteiger partial charge in [-0.15, -0.1) is 0 Å². The molecule has 0 atom stereocenters. The van der Waals surface area contributed by atoms with E-state index >= 15 is 0 Å². The largest absolute Gasteiger partial charge is 0.368 e. The molecule has 1 saturated carbocycles. The number of carbonyl (C=O) groups is 1. The molecule has 0 aromatic heterocycles. The van der Waals surface area contributed by atoms with Crippen molar-refractivity contribution in [3.05, 3.63) is 0 Å². The first-order valence-electron chi connectivity index (χ1n) is 3.82. The maximum Gasteiger partial charge on any atom is 0.243 e. The summed E-state index contributed by atoms with van der Waals surface area (Å²) in [6.45, 7) is 0.762. The molecule has 1 aliphatic rings. The molecule has 0 unspecified atom stereocenters. The summed E-state index contributed by atoms with van der Waals surface area (Å²) in [5.74, 6) is 0.189. The van der Waals surface area contributed by atoms with Crippen molar-refractivity contribution in [1.29, 1.82) is 0 Å². The molecule has 1 fully saturated rings. The maximum absolute atomic E-state index is 10.3. The molecule has 4 nitrogen and oxygen atoms in total. The van der Waals surface area contributed by atoms with Gasteiger partial charge in [0.25, 0.3) is 0 Å². The second-order valence-electron chi connectivity index (χ2n) is 2.97. The Morgan fingerprint density at radius 2 is 2.18 bits per heavy atom. The molecule has 0 aliphatic heterocycles. The lowest BCUT2D eigenvalue weighted by molar-refractivity contribution is -0.127. The number of primary amides is 1. The first-order chi connectivity index (χ1) is 5.22. The summed E-state index contributed by atoms with van der Waals surface area (Å²) in [6, 6.07) is 0. The van der Waals surface area contributed by atoms with Gasteiger partial charge in [-0.1, -0.05) is 0 Å². The van der Waals surface area contributed by atoms with Crippen molar-refractivity contribution in [1.82, 2.24) is 0 Å². The van der Waals surface area contributed by atoms with Crippen LogP contribution in [0.4, 0.5) is 0 Å². The highest BCUT2D eigenvalue weighted by molar-refractivity contribution is 5.75. The van der Waals surface area contributed by atoms with Crippen molar-refractivity contribution < 1.29 is 9.53 Å². The summed E-state index contributed by atoms with van der Waals surface area (Å²) in [6.07, 6.45) is 2.17. The van der Waals surface area contributed by atoms with Gasteiger partial charge in [0.2, 0.25) is 5.91 Å². The topological polar surface area (TPSA) is 78.3 Å². The van der Waals surface area contributed by atoms with Crippen LogP contribution in [0.1, 0.15) is 12.8 Å².